The molecule has 0 fully saturated rings. The second kappa shape index (κ2) is 10.3. The number of hydrogen-bond acceptors (Lipinski definition) is 4. The Hall–Kier alpha value is -2.61. The van der Waals surface area contributed by atoms with Crippen LogP contribution in [-0.4, -0.2) is 33.7 Å². The van der Waals surface area contributed by atoms with Gasteiger partial charge < -0.3 is 10.1 Å². The van der Waals surface area contributed by atoms with Crippen molar-refractivity contribution >= 4 is 21.6 Å². The van der Waals surface area contributed by atoms with Crippen molar-refractivity contribution in [3.63, 3.8) is 0 Å². The third-order valence-electron chi connectivity index (χ3n) is 5.49. The minimum atomic E-state index is -3.92. The number of ether oxygens (including phenoxy) is 1. The number of sulfonamides is 1. The average Bonchev–Trinajstić information content (AvgIpc) is 2.71. The fraction of sp³-hybridized carbons (Fsp3) is 0.458. The molecule has 176 valence electrons. The Bertz CT molecular complexity index is 1070. The van der Waals surface area contributed by atoms with Crippen LogP contribution in [0.3, 0.4) is 0 Å². The quantitative estimate of drug-likeness (QED) is 0.584. The average molecular weight is 465 g/mol. The van der Waals surface area contributed by atoms with Gasteiger partial charge in [0, 0.05) is 0 Å². The van der Waals surface area contributed by atoms with Crippen LogP contribution in [0.2, 0.25) is 0 Å². The van der Waals surface area contributed by atoms with Crippen molar-refractivity contribution in [1.29, 1.82) is 0 Å². The predicted molar refractivity (Wildman–Crippen MR) is 126 cm³/mol. The largest absolute Gasteiger partial charge is 0.496 e. The molecule has 0 aliphatic carbocycles. The molecule has 0 unspecified atom stereocenters. The molecule has 2 atom stereocenters. The van der Waals surface area contributed by atoms with E-state index in [1.54, 1.807) is 14.0 Å². The molecule has 0 saturated carbocycles. The zero-order valence-electron chi connectivity index (χ0n) is 19.8. The Morgan fingerprint density at radius 1 is 1.16 bits per heavy atom. The number of nitrogens with one attached hydrogen (secondary N) is 1. The molecule has 0 aliphatic rings. The number of amides is 1. The molecule has 0 radical (unpaired) electrons. The molecule has 0 heterocycles. The van der Waals surface area contributed by atoms with E-state index < -0.39 is 27.8 Å². The Morgan fingerprint density at radius 2 is 1.78 bits per heavy atom. The predicted octanol–water partition coefficient (Wildman–Crippen LogP) is 4.69. The fourth-order valence-corrected chi connectivity index (χ4v) is 5.08. The number of para-hydroxylation sites is 1. The molecule has 2 aromatic rings. The number of carbonyl (C=O) groups is 1. The minimum Gasteiger partial charge on any atom is -0.496 e. The van der Waals surface area contributed by atoms with Gasteiger partial charge in [-0.1, -0.05) is 32.9 Å². The molecule has 8 heteroatoms. The number of benzene rings is 2. The first-order chi connectivity index (χ1) is 14.9. The lowest BCUT2D eigenvalue weighted by Crippen LogP contribution is -2.50. The highest BCUT2D eigenvalue weighted by Gasteiger charge is 2.33. The van der Waals surface area contributed by atoms with Crippen LogP contribution in [0.15, 0.2) is 36.4 Å². The zero-order valence-corrected chi connectivity index (χ0v) is 20.6. The van der Waals surface area contributed by atoms with Crippen molar-refractivity contribution in [3.05, 3.63) is 58.9 Å². The molecular formula is C24H33FN2O4S. The number of rotatable bonds is 9. The smallest absolute Gasteiger partial charge is 0.244 e. The first-order valence-corrected chi connectivity index (χ1v) is 12.5. The van der Waals surface area contributed by atoms with Gasteiger partial charge in [0.25, 0.3) is 0 Å². The van der Waals surface area contributed by atoms with Gasteiger partial charge in [-0.2, -0.15) is 0 Å². The van der Waals surface area contributed by atoms with Crippen molar-refractivity contribution in [3.8, 4) is 5.75 Å². The summed E-state index contributed by atoms with van der Waals surface area (Å²) < 4.78 is 45.9. The van der Waals surface area contributed by atoms with Gasteiger partial charge in [0.05, 0.1) is 25.1 Å². The molecule has 2 aromatic carbocycles. The van der Waals surface area contributed by atoms with E-state index in [2.05, 4.69) is 19.2 Å². The molecule has 0 bridgehead atoms. The van der Waals surface area contributed by atoms with Crippen molar-refractivity contribution in [1.82, 2.24) is 5.32 Å². The van der Waals surface area contributed by atoms with Crippen LogP contribution in [-0.2, 0) is 14.8 Å². The summed E-state index contributed by atoms with van der Waals surface area (Å²) in [5.41, 5.74) is 2.73. The van der Waals surface area contributed by atoms with E-state index in [9.17, 15) is 17.6 Å². The van der Waals surface area contributed by atoms with E-state index in [1.807, 2.05) is 26.0 Å². The lowest BCUT2D eigenvalue weighted by Gasteiger charge is -2.31. The Balaban J connectivity index is 2.41. The highest BCUT2D eigenvalue weighted by molar-refractivity contribution is 7.92. The second-order valence-corrected chi connectivity index (χ2v) is 10.1. The maximum absolute atomic E-state index is 14.5. The maximum atomic E-state index is 14.5. The molecule has 0 aromatic heterocycles. The number of aryl methyl sites for hydroxylation is 1. The summed E-state index contributed by atoms with van der Waals surface area (Å²) in [5, 5.41) is 2.93. The lowest BCUT2D eigenvalue weighted by molar-refractivity contribution is -0.122. The van der Waals surface area contributed by atoms with Crippen LogP contribution in [0.5, 0.6) is 5.75 Å². The van der Waals surface area contributed by atoms with E-state index in [4.69, 9.17) is 4.74 Å². The van der Waals surface area contributed by atoms with Crippen LogP contribution < -0.4 is 14.4 Å². The van der Waals surface area contributed by atoms with Gasteiger partial charge in [0.2, 0.25) is 15.9 Å². The molecular weight excluding hydrogens is 431 g/mol. The number of hydrogen-bond donors (Lipinski definition) is 1. The third kappa shape index (κ3) is 5.59. The summed E-state index contributed by atoms with van der Waals surface area (Å²) in [6.07, 6.45) is 1.15. The molecule has 2 rings (SSSR count). The van der Waals surface area contributed by atoms with Crippen LogP contribution in [0, 0.1) is 12.7 Å². The minimum absolute atomic E-state index is 0.146. The molecule has 1 N–H and O–H groups in total. The Morgan fingerprint density at radius 3 is 2.28 bits per heavy atom. The first-order valence-electron chi connectivity index (χ1n) is 10.6. The zero-order chi connectivity index (χ0) is 24.2. The van der Waals surface area contributed by atoms with Gasteiger partial charge >= 0.3 is 0 Å². The summed E-state index contributed by atoms with van der Waals surface area (Å²) in [6, 6.07) is 8.02. The molecule has 0 spiro atoms. The normalized spacial score (nSPS) is 13.5. The van der Waals surface area contributed by atoms with Crippen molar-refractivity contribution < 1.29 is 22.3 Å². The van der Waals surface area contributed by atoms with Gasteiger partial charge in [-0.05, 0) is 67.1 Å². The van der Waals surface area contributed by atoms with Crippen molar-refractivity contribution in [2.75, 3.05) is 17.7 Å². The fourth-order valence-electron chi connectivity index (χ4n) is 3.86. The Kier molecular flexibility index (Phi) is 8.29. The van der Waals surface area contributed by atoms with Gasteiger partial charge in [-0.15, -0.1) is 0 Å². The molecule has 32 heavy (non-hydrogen) atoms. The van der Waals surface area contributed by atoms with E-state index in [0.717, 1.165) is 33.0 Å². The number of methoxy groups -OCH3 is 1. The van der Waals surface area contributed by atoms with Crippen LogP contribution in [0.1, 0.15) is 62.8 Å². The molecule has 0 saturated heterocycles. The third-order valence-corrected chi connectivity index (χ3v) is 6.65. The van der Waals surface area contributed by atoms with Crippen LogP contribution in [0.25, 0.3) is 0 Å². The van der Waals surface area contributed by atoms with Gasteiger partial charge in [-0.25, -0.2) is 12.8 Å². The maximum Gasteiger partial charge on any atom is 0.244 e. The van der Waals surface area contributed by atoms with Gasteiger partial charge in [-0.3, -0.25) is 9.10 Å². The van der Waals surface area contributed by atoms with E-state index in [-0.39, 0.29) is 24.1 Å². The second-order valence-electron chi connectivity index (χ2n) is 8.27. The first kappa shape index (κ1) is 25.6. The number of anilines is 1. The summed E-state index contributed by atoms with van der Waals surface area (Å²) in [5.74, 6) is -0.189. The molecule has 1 amide bonds. The SMILES string of the molecule is CC[C@@H](C(=O)N[C@@H](C)c1cc(C(C)C)c(OC)cc1C)N(c1ccccc1F)S(C)(=O)=O. The summed E-state index contributed by atoms with van der Waals surface area (Å²) in [6.45, 7) is 9.60. The molecule has 6 nitrogen and oxygen atoms in total. The number of halogens is 1. The van der Waals surface area contributed by atoms with E-state index in [0.29, 0.717) is 0 Å². The highest BCUT2D eigenvalue weighted by atomic mass is 32.2. The van der Waals surface area contributed by atoms with Gasteiger partial charge in [0.15, 0.2) is 0 Å². The van der Waals surface area contributed by atoms with E-state index in [1.165, 1.54) is 24.3 Å². The Labute approximate surface area is 190 Å². The molecule has 0 aliphatic heterocycles. The summed E-state index contributed by atoms with van der Waals surface area (Å²) >= 11 is 0. The van der Waals surface area contributed by atoms with Crippen LogP contribution in [0.4, 0.5) is 10.1 Å². The monoisotopic (exact) mass is 464 g/mol. The number of nitrogens with zero attached hydrogens (tertiary/aromatic N) is 1. The van der Waals surface area contributed by atoms with Crippen molar-refractivity contribution in [2.45, 2.75) is 59.0 Å². The summed E-state index contributed by atoms with van der Waals surface area (Å²) in [7, 11) is -2.29. The van der Waals surface area contributed by atoms with Crippen molar-refractivity contribution in [2.24, 2.45) is 0 Å². The van der Waals surface area contributed by atoms with Crippen LogP contribution >= 0.6 is 0 Å². The van der Waals surface area contributed by atoms with Gasteiger partial charge in [0.1, 0.15) is 17.6 Å². The van der Waals surface area contributed by atoms with E-state index >= 15 is 0 Å². The number of carbonyl (C=O) groups excluding carboxylic acids is 1. The lowest BCUT2D eigenvalue weighted by atomic mass is 9.93. The highest BCUT2D eigenvalue weighted by Crippen LogP contribution is 2.32. The topological polar surface area (TPSA) is 75.7 Å². The standard InChI is InChI=1S/C24H33FN2O4S/c1-8-21(27(32(7,29)30)22-12-10-9-11-20(22)25)24(28)26-17(5)19-14-18(15(2)3)23(31-6)13-16(19)4/h9-15,17,21H,8H2,1-7H3,(H,26,28)/t17-,21-/m0/s1. The summed E-state index contributed by atoms with van der Waals surface area (Å²) in [4.78, 5) is 13.2.